The lowest BCUT2D eigenvalue weighted by Gasteiger charge is -2.17. The Morgan fingerprint density at radius 2 is 1.84 bits per heavy atom. The third-order valence-corrected chi connectivity index (χ3v) is 3.64. The molecule has 1 aromatic heterocycles. The van der Waals surface area contributed by atoms with Crippen molar-refractivity contribution < 1.29 is 19.4 Å². The average Bonchev–Trinajstić information content (AvgIpc) is 2.54. The molecule has 1 heterocycles. The number of nitrogens with one attached hydrogen (secondary N) is 1. The highest BCUT2D eigenvalue weighted by atomic mass is 16.5. The molecule has 0 aliphatic rings. The molecule has 2 aromatic rings. The summed E-state index contributed by atoms with van der Waals surface area (Å²) in [5.41, 5.74) is 1.75. The molecule has 1 amide bonds. The molecule has 0 radical (unpaired) electrons. The Morgan fingerprint density at radius 3 is 2.36 bits per heavy atom. The molecule has 0 saturated carbocycles. The van der Waals surface area contributed by atoms with E-state index in [0.29, 0.717) is 17.1 Å². The highest BCUT2D eigenvalue weighted by Gasteiger charge is 2.21. The van der Waals surface area contributed by atoms with Gasteiger partial charge in [0.05, 0.1) is 13.5 Å². The van der Waals surface area contributed by atoms with Gasteiger partial charge in [-0.3, -0.25) is 9.59 Å². The predicted octanol–water partition coefficient (Wildman–Crippen LogP) is 3.37. The van der Waals surface area contributed by atoms with E-state index in [0.717, 1.165) is 11.1 Å². The number of rotatable bonds is 5. The Bertz CT molecular complexity index is 777. The van der Waals surface area contributed by atoms with E-state index >= 15 is 0 Å². The van der Waals surface area contributed by atoms with Gasteiger partial charge in [0.2, 0.25) is 5.91 Å². The van der Waals surface area contributed by atoms with Gasteiger partial charge in [-0.25, -0.2) is 4.98 Å². The number of carbonyl (C=O) groups excluding carboxylic acids is 1. The van der Waals surface area contributed by atoms with Crippen molar-refractivity contribution in [3.05, 3.63) is 42.1 Å². The zero-order chi connectivity index (χ0) is 18.6. The monoisotopic (exact) mass is 342 g/mol. The molecule has 0 spiro atoms. The molecule has 1 aromatic carbocycles. The smallest absolute Gasteiger partial charge is 0.307 e. The third kappa shape index (κ3) is 4.79. The van der Waals surface area contributed by atoms with Crippen LogP contribution in [0.5, 0.6) is 5.75 Å². The number of benzene rings is 1. The van der Waals surface area contributed by atoms with Gasteiger partial charge >= 0.3 is 5.97 Å². The van der Waals surface area contributed by atoms with Crippen LogP contribution in [-0.4, -0.2) is 29.1 Å². The summed E-state index contributed by atoms with van der Waals surface area (Å²) in [6.45, 7) is 5.49. The molecule has 0 aliphatic carbocycles. The van der Waals surface area contributed by atoms with E-state index in [4.69, 9.17) is 9.84 Å². The van der Waals surface area contributed by atoms with Crippen LogP contribution < -0.4 is 10.1 Å². The van der Waals surface area contributed by atoms with Crippen molar-refractivity contribution in [3.63, 3.8) is 0 Å². The first-order chi connectivity index (χ1) is 11.7. The van der Waals surface area contributed by atoms with Gasteiger partial charge in [-0.15, -0.1) is 0 Å². The minimum Gasteiger partial charge on any atom is -0.496 e. The zero-order valence-corrected chi connectivity index (χ0v) is 14.8. The number of carboxylic acid groups (broad SMARTS) is 1. The fourth-order valence-corrected chi connectivity index (χ4v) is 2.20. The number of aromatic nitrogens is 1. The maximum absolute atomic E-state index is 12.0. The van der Waals surface area contributed by atoms with Crippen LogP contribution in [0.1, 0.15) is 26.3 Å². The lowest BCUT2D eigenvalue weighted by Crippen LogP contribution is -2.27. The maximum Gasteiger partial charge on any atom is 0.307 e. The topological polar surface area (TPSA) is 88.5 Å². The number of carbonyl (C=O) groups is 2. The summed E-state index contributed by atoms with van der Waals surface area (Å²) in [6, 6.07) is 8.91. The summed E-state index contributed by atoms with van der Waals surface area (Å²) in [7, 11) is 1.51. The van der Waals surface area contributed by atoms with Gasteiger partial charge in [-0.05, 0) is 29.8 Å². The molecule has 0 saturated heterocycles. The molecule has 6 heteroatoms. The van der Waals surface area contributed by atoms with Crippen molar-refractivity contribution >= 4 is 17.7 Å². The van der Waals surface area contributed by atoms with Crippen molar-refractivity contribution in [1.29, 1.82) is 0 Å². The molecular formula is C19H22N2O4. The number of anilines is 1. The van der Waals surface area contributed by atoms with E-state index in [1.165, 1.54) is 7.11 Å². The van der Waals surface area contributed by atoms with E-state index in [1.807, 2.05) is 32.9 Å². The van der Waals surface area contributed by atoms with Gasteiger partial charge in [0.15, 0.2) is 0 Å². The minimum absolute atomic E-state index is 0.110. The summed E-state index contributed by atoms with van der Waals surface area (Å²) in [5, 5.41) is 11.8. The number of methoxy groups -OCH3 is 1. The summed E-state index contributed by atoms with van der Waals surface area (Å²) in [6.07, 6.45) is 1.52. The van der Waals surface area contributed by atoms with E-state index in [1.54, 1.807) is 24.4 Å². The van der Waals surface area contributed by atoms with Crippen LogP contribution in [0, 0.1) is 5.41 Å². The first-order valence-electron chi connectivity index (χ1n) is 7.87. The number of pyridine rings is 1. The second kappa shape index (κ2) is 7.34. The first kappa shape index (κ1) is 18.4. The average molecular weight is 342 g/mol. The molecule has 0 aliphatic heterocycles. The maximum atomic E-state index is 12.0. The third-order valence-electron chi connectivity index (χ3n) is 3.64. The lowest BCUT2D eigenvalue weighted by atomic mass is 9.96. The predicted molar refractivity (Wildman–Crippen MR) is 95.6 cm³/mol. The number of carboxylic acids is 1. The van der Waals surface area contributed by atoms with Crippen LogP contribution in [0.2, 0.25) is 0 Å². The van der Waals surface area contributed by atoms with Crippen LogP contribution >= 0.6 is 0 Å². The van der Waals surface area contributed by atoms with E-state index in [9.17, 15) is 9.59 Å². The van der Waals surface area contributed by atoms with E-state index < -0.39 is 11.4 Å². The highest BCUT2D eigenvalue weighted by Crippen LogP contribution is 2.27. The molecule has 0 atom stereocenters. The van der Waals surface area contributed by atoms with Crippen LogP contribution in [0.3, 0.4) is 0 Å². The van der Waals surface area contributed by atoms with Crippen molar-refractivity contribution in [2.75, 3.05) is 12.4 Å². The number of hydrogen-bond donors (Lipinski definition) is 2. The Labute approximate surface area is 146 Å². The van der Waals surface area contributed by atoms with Crippen molar-refractivity contribution in [1.82, 2.24) is 4.98 Å². The molecule has 6 nitrogen and oxygen atoms in total. The second-order valence-electron chi connectivity index (χ2n) is 6.73. The van der Waals surface area contributed by atoms with Crippen LogP contribution in [0.15, 0.2) is 36.5 Å². The minimum atomic E-state index is -0.922. The number of aliphatic carboxylic acids is 1. The quantitative estimate of drug-likeness (QED) is 0.870. The van der Waals surface area contributed by atoms with Gasteiger partial charge in [0.25, 0.3) is 0 Å². The molecule has 2 rings (SSSR count). The Morgan fingerprint density at radius 1 is 1.16 bits per heavy atom. The molecule has 0 unspecified atom stereocenters. The van der Waals surface area contributed by atoms with Crippen molar-refractivity contribution in [2.45, 2.75) is 27.2 Å². The molecule has 25 heavy (non-hydrogen) atoms. The van der Waals surface area contributed by atoms with Gasteiger partial charge < -0.3 is 15.2 Å². The number of hydrogen-bond acceptors (Lipinski definition) is 4. The Kier molecular flexibility index (Phi) is 5.41. The SMILES string of the molecule is COc1ccc(-c2ccc(NC(=O)C(C)(C)C)nc2)cc1CC(=O)O. The Balaban J connectivity index is 2.24. The number of nitrogens with zero attached hydrogens (tertiary/aromatic N) is 1. The van der Waals surface area contributed by atoms with Crippen LogP contribution in [0.4, 0.5) is 5.82 Å². The van der Waals surface area contributed by atoms with Gasteiger partial charge in [-0.1, -0.05) is 26.8 Å². The molecule has 132 valence electrons. The van der Waals surface area contributed by atoms with E-state index in [-0.39, 0.29) is 12.3 Å². The normalized spacial score (nSPS) is 11.0. The first-order valence-corrected chi connectivity index (χ1v) is 7.87. The highest BCUT2D eigenvalue weighted by molar-refractivity contribution is 5.93. The fraction of sp³-hybridized carbons (Fsp3) is 0.316. The zero-order valence-electron chi connectivity index (χ0n) is 14.8. The second-order valence-corrected chi connectivity index (χ2v) is 6.73. The number of amides is 1. The molecular weight excluding hydrogens is 320 g/mol. The summed E-state index contributed by atoms with van der Waals surface area (Å²) < 4.78 is 5.21. The summed E-state index contributed by atoms with van der Waals surface area (Å²) in [5.74, 6) is -0.0223. The lowest BCUT2D eigenvalue weighted by molar-refractivity contribution is -0.136. The van der Waals surface area contributed by atoms with Crippen LogP contribution in [-0.2, 0) is 16.0 Å². The van der Waals surface area contributed by atoms with E-state index in [2.05, 4.69) is 10.3 Å². The summed E-state index contributed by atoms with van der Waals surface area (Å²) in [4.78, 5) is 27.3. The summed E-state index contributed by atoms with van der Waals surface area (Å²) >= 11 is 0. The standard InChI is InChI=1S/C19H22N2O4/c1-19(2,3)18(24)21-16-8-6-13(11-20-16)12-5-7-15(25-4)14(9-12)10-17(22)23/h5-9,11H,10H2,1-4H3,(H,22,23)(H,20,21,24). The van der Waals surface area contributed by atoms with Gasteiger partial charge in [-0.2, -0.15) is 0 Å². The van der Waals surface area contributed by atoms with Crippen molar-refractivity contribution in [2.24, 2.45) is 5.41 Å². The fourth-order valence-electron chi connectivity index (χ4n) is 2.20. The molecule has 0 bridgehead atoms. The largest absolute Gasteiger partial charge is 0.496 e. The Hall–Kier alpha value is -2.89. The van der Waals surface area contributed by atoms with Crippen LogP contribution in [0.25, 0.3) is 11.1 Å². The number of ether oxygens (including phenoxy) is 1. The van der Waals surface area contributed by atoms with Gasteiger partial charge in [0.1, 0.15) is 11.6 Å². The van der Waals surface area contributed by atoms with Gasteiger partial charge in [0, 0.05) is 22.7 Å². The molecule has 0 fully saturated rings. The van der Waals surface area contributed by atoms with Crippen molar-refractivity contribution in [3.8, 4) is 16.9 Å². The molecule has 2 N–H and O–H groups in total.